The Morgan fingerprint density at radius 2 is 1.65 bits per heavy atom. The van der Waals surface area contributed by atoms with E-state index in [4.69, 9.17) is 16.3 Å². The number of halogens is 3. The number of pyridine rings is 1. The molecule has 1 heterocycles. The van der Waals surface area contributed by atoms with Crippen molar-refractivity contribution in [3.8, 4) is 23.3 Å². The van der Waals surface area contributed by atoms with Crippen LogP contribution in [0.2, 0.25) is 0 Å². The summed E-state index contributed by atoms with van der Waals surface area (Å²) < 4.78 is 37.0. The summed E-state index contributed by atoms with van der Waals surface area (Å²) in [5.41, 5.74) is 0.182. The number of anilines is 1. The molecule has 0 fully saturated rings. The summed E-state index contributed by atoms with van der Waals surface area (Å²) in [7, 11) is 0. The van der Waals surface area contributed by atoms with Crippen LogP contribution in [0.4, 0.5) is 19.0 Å². The average Bonchev–Trinajstić information content (AvgIpc) is 2.46. The summed E-state index contributed by atoms with van der Waals surface area (Å²) in [6.07, 6.45) is 0. The molecule has 0 unspecified atom stereocenters. The molecule has 1 aromatic carbocycles. The van der Waals surface area contributed by atoms with E-state index < -0.39 is 11.1 Å². The molecule has 0 aliphatic carbocycles. The summed E-state index contributed by atoms with van der Waals surface area (Å²) >= 11 is -0.292. The first-order valence-corrected chi connectivity index (χ1v) is 6.80. The van der Waals surface area contributed by atoms with Crippen LogP contribution in [-0.4, -0.2) is 10.5 Å². The van der Waals surface area contributed by atoms with Crippen molar-refractivity contribution in [1.29, 1.82) is 10.5 Å². The van der Waals surface area contributed by atoms with Crippen molar-refractivity contribution in [1.82, 2.24) is 4.98 Å². The lowest BCUT2D eigenvalue weighted by molar-refractivity contribution is -0.0328. The summed E-state index contributed by atoms with van der Waals surface area (Å²) in [6, 6.07) is 8.43. The van der Waals surface area contributed by atoms with Crippen molar-refractivity contribution in [2.45, 2.75) is 10.4 Å². The smallest absolute Gasteiger partial charge is 0.384 e. The number of nitrogens with two attached hydrogens (primary N) is 1. The number of thioether (sulfide) groups is 1. The van der Waals surface area contributed by atoms with Crippen LogP contribution in [0.15, 0.2) is 34.0 Å². The fourth-order valence-corrected chi connectivity index (χ4v) is 2.49. The van der Waals surface area contributed by atoms with E-state index in [2.05, 4.69) is 4.98 Å². The van der Waals surface area contributed by atoms with Gasteiger partial charge in [0.05, 0.1) is 0 Å². The molecular formula is C14H7F3N4OS. The summed E-state index contributed by atoms with van der Waals surface area (Å²) in [5.74, 6) is -0.208. The fourth-order valence-electron chi connectivity index (χ4n) is 1.96. The van der Waals surface area contributed by atoms with Gasteiger partial charge in [-0.05, 0) is 29.5 Å². The number of benzene rings is 1. The molecule has 3 N–H and O–H groups in total. The normalized spacial score (nSPS) is 10.8. The zero-order chi connectivity index (χ0) is 17.2. The number of aromatic nitrogens is 1. The van der Waals surface area contributed by atoms with E-state index in [0.717, 1.165) is 0 Å². The third-order valence-corrected chi connectivity index (χ3v) is 3.58. The Balaban J connectivity index is 2.61. The van der Waals surface area contributed by atoms with E-state index >= 15 is 0 Å². The molecule has 0 amide bonds. The Labute approximate surface area is 132 Å². The number of aromatic amines is 1. The number of nitrogens with zero attached hydrogens (tertiary/aromatic N) is 2. The van der Waals surface area contributed by atoms with Crippen LogP contribution < -0.4 is 11.3 Å². The van der Waals surface area contributed by atoms with Crippen LogP contribution in [0.1, 0.15) is 11.1 Å². The lowest BCUT2D eigenvalue weighted by Crippen LogP contribution is -2.16. The first-order chi connectivity index (χ1) is 10.8. The Morgan fingerprint density at radius 3 is 2.13 bits per heavy atom. The molecule has 2 rings (SSSR count). The lowest BCUT2D eigenvalue weighted by atomic mass is 9.97. The Morgan fingerprint density at radius 1 is 1.09 bits per heavy atom. The van der Waals surface area contributed by atoms with Crippen LogP contribution in [0.3, 0.4) is 0 Å². The van der Waals surface area contributed by atoms with Crippen LogP contribution in [0.5, 0.6) is 0 Å². The number of rotatable bonds is 2. The summed E-state index contributed by atoms with van der Waals surface area (Å²) in [6.45, 7) is 0. The predicted molar refractivity (Wildman–Crippen MR) is 78.3 cm³/mol. The highest BCUT2D eigenvalue weighted by Crippen LogP contribution is 2.38. The number of alkyl halides is 3. The molecule has 0 saturated carbocycles. The SMILES string of the molecule is N#Cc1c(N)[nH]c(=O)c(C#N)c1-c1ccc(SC(F)(F)F)cc1. The van der Waals surface area contributed by atoms with Gasteiger partial charge >= 0.3 is 5.51 Å². The van der Waals surface area contributed by atoms with Crippen molar-refractivity contribution >= 4 is 17.6 Å². The number of nitrogens with one attached hydrogen (secondary N) is 1. The van der Waals surface area contributed by atoms with Crippen molar-refractivity contribution < 1.29 is 13.2 Å². The third-order valence-electron chi connectivity index (χ3n) is 2.84. The van der Waals surface area contributed by atoms with Gasteiger partial charge in [-0.2, -0.15) is 23.7 Å². The molecule has 1 aromatic heterocycles. The molecule has 0 radical (unpaired) electrons. The third kappa shape index (κ3) is 3.47. The van der Waals surface area contributed by atoms with Gasteiger partial charge in [-0.15, -0.1) is 0 Å². The molecule has 0 bridgehead atoms. The standard InChI is InChI=1S/C14H7F3N4OS/c15-14(16,17)23-8-3-1-7(2-4-8)11-9(5-18)12(20)21-13(22)10(11)6-19/h1-4H,(H3,20,21,22). The van der Waals surface area contributed by atoms with Crippen molar-refractivity contribution in [3.05, 3.63) is 45.7 Å². The molecule has 0 saturated heterocycles. The van der Waals surface area contributed by atoms with E-state index in [0.29, 0.717) is 0 Å². The Hall–Kier alpha value is -2.91. The molecule has 116 valence electrons. The number of hydrogen-bond acceptors (Lipinski definition) is 5. The zero-order valence-corrected chi connectivity index (χ0v) is 12.0. The second kappa shape index (κ2) is 6.07. The van der Waals surface area contributed by atoms with Crippen LogP contribution >= 0.6 is 11.8 Å². The second-order valence-corrected chi connectivity index (χ2v) is 5.43. The van der Waals surface area contributed by atoms with Crippen LogP contribution in [0, 0.1) is 22.7 Å². The quantitative estimate of drug-likeness (QED) is 0.820. The zero-order valence-electron chi connectivity index (χ0n) is 11.2. The molecule has 0 atom stereocenters. The lowest BCUT2D eigenvalue weighted by Gasteiger charge is -2.10. The summed E-state index contributed by atoms with van der Waals surface area (Å²) in [4.78, 5) is 13.9. The Kier molecular flexibility index (Phi) is 4.34. The van der Waals surface area contributed by atoms with Gasteiger partial charge in [0.25, 0.3) is 5.56 Å². The largest absolute Gasteiger partial charge is 0.446 e. The first kappa shape index (κ1) is 16.5. The van der Waals surface area contributed by atoms with Crippen LogP contribution in [0.25, 0.3) is 11.1 Å². The monoisotopic (exact) mass is 336 g/mol. The summed E-state index contributed by atoms with van der Waals surface area (Å²) in [5, 5.41) is 18.3. The van der Waals surface area contributed by atoms with Gasteiger partial charge in [-0.1, -0.05) is 12.1 Å². The van der Waals surface area contributed by atoms with E-state index in [9.17, 15) is 18.0 Å². The van der Waals surface area contributed by atoms with Crippen molar-refractivity contribution in [2.75, 3.05) is 5.73 Å². The molecule has 0 aliphatic heterocycles. The van der Waals surface area contributed by atoms with Crippen molar-refractivity contribution in [3.63, 3.8) is 0 Å². The number of nitriles is 2. The average molecular weight is 336 g/mol. The van der Waals surface area contributed by atoms with Crippen molar-refractivity contribution in [2.24, 2.45) is 0 Å². The molecule has 9 heteroatoms. The number of H-pyrrole nitrogens is 1. The van der Waals surface area contributed by atoms with Gasteiger partial charge < -0.3 is 10.7 Å². The molecule has 0 aliphatic rings. The Bertz CT molecular complexity index is 889. The number of hydrogen-bond donors (Lipinski definition) is 2. The minimum Gasteiger partial charge on any atom is -0.384 e. The molecule has 0 spiro atoms. The van der Waals surface area contributed by atoms with E-state index in [-0.39, 0.29) is 44.7 Å². The highest BCUT2D eigenvalue weighted by Gasteiger charge is 2.29. The van der Waals surface area contributed by atoms with Gasteiger partial charge in [-0.25, -0.2) is 0 Å². The van der Waals surface area contributed by atoms with Crippen LogP contribution in [-0.2, 0) is 0 Å². The predicted octanol–water partition coefficient (Wildman–Crippen LogP) is 2.98. The maximum Gasteiger partial charge on any atom is 0.446 e. The molecule has 2 aromatic rings. The molecule has 23 heavy (non-hydrogen) atoms. The minimum atomic E-state index is -4.43. The highest BCUT2D eigenvalue weighted by molar-refractivity contribution is 8.00. The maximum absolute atomic E-state index is 12.3. The fraction of sp³-hybridized carbons (Fsp3) is 0.0714. The van der Waals surface area contributed by atoms with Gasteiger partial charge in [0.1, 0.15) is 29.1 Å². The topological polar surface area (TPSA) is 106 Å². The van der Waals surface area contributed by atoms with E-state index in [1.54, 1.807) is 12.1 Å². The minimum absolute atomic E-state index is 0.000177. The van der Waals surface area contributed by atoms with E-state index in [1.165, 1.54) is 24.3 Å². The van der Waals surface area contributed by atoms with Gasteiger partial charge in [0.2, 0.25) is 0 Å². The first-order valence-electron chi connectivity index (χ1n) is 5.99. The van der Waals surface area contributed by atoms with Gasteiger partial charge in [-0.3, -0.25) is 4.79 Å². The second-order valence-electron chi connectivity index (χ2n) is 4.29. The molecule has 5 nitrogen and oxygen atoms in total. The highest BCUT2D eigenvalue weighted by atomic mass is 32.2. The van der Waals surface area contributed by atoms with Gasteiger partial charge in [0, 0.05) is 10.5 Å². The number of nitrogen functional groups attached to an aromatic ring is 1. The molecular weight excluding hydrogens is 329 g/mol. The van der Waals surface area contributed by atoms with E-state index in [1.807, 2.05) is 0 Å². The maximum atomic E-state index is 12.3. The van der Waals surface area contributed by atoms with Gasteiger partial charge in [0.15, 0.2) is 0 Å².